The second-order valence-corrected chi connectivity index (χ2v) is 6.89. The highest BCUT2D eigenvalue weighted by Gasteiger charge is 2.26. The van der Waals surface area contributed by atoms with Gasteiger partial charge in [-0.05, 0) is 55.6 Å². The van der Waals surface area contributed by atoms with Gasteiger partial charge >= 0.3 is 0 Å². The number of rotatable bonds is 8. The molecule has 2 atom stereocenters. The average Bonchev–Trinajstić information content (AvgIpc) is 3.18. The van der Waals surface area contributed by atoms with Crippen molar-refractivity contribution in [3.05, 3.63) is 65.7 Å². The molecule has 1 aliphatic heterocycles. The Bertz CT molecular complexity index is 620. The van der Waals surface area contributed by atoms with Crippen LogP contribution in [0.3, 0.4) is 0 Å². The van der Waals surface area contributed by atoms with Crippen molar-refractivity contribution in [3.8, 4) is 5.75 Å². The monoisotopic (exact) mass is 339 g/mol. The van der Waals surface area contributed by atoms with Gasteiger partial charge in [-0.25, -0.2) is 0 Å². The lowest BCUT2D eigenvalue weighted by atomic mass is 9.88. The van der Waals surface area contributed by atoms with Gasteiger partial charge in [0, 0.05) is 12.5 Å². The third-order valence-electron chi connectivity index (χ3n) is 4.96. The highest BCUT2D eigenvalue weighted by Crippen LogP contribution is 2.33. The van der Waals surface area contributed by atoms with Gasteiger partial charge < -0.3 is 14.7 Å². The average molecular weight is 339 g/mol. The van der Waals surface area contributed by atoms with Crippen LogP contribution in [0.1, 0.15) is 49.3 Å². The van der Waals surface area contributed by atoms with Gasteiger partial charge in [-0.1, -0.05) is 49.4 Å². The fourth-order valence-corrected chi connectivity index (χ4v) is 3.54. The predicted octanol–water partition coefficient (Wildman–Crippen LogP) is 4.39. The molecule has 1 aliphatic rings. The van der Waals surface area contributed by atoms with Gasteiger partial charge in [0.25, 0.3) is 0 Å². The molecule has 0 aromatic heterocycles. The van der Waals surface area contributed by atoms with E-state index in [0.717, 1.165) is 44.0 Å². The molecular weight excluding hydrogens is 310 g/mol. The molecule has 0 radical (unpaired) electrons. The van der Waals surface area contributed by atoms with Crippen LogP contribution >= 0.6 is 0 Å². The minimum Gasteiger partial charge on any atom is -0.494 e. The zero-order valence-electron chi connectivity index (χ0n) is 15.1. The summed E-state index contributed by atoms with van der Waals surface area (Å²) in [5.74, 6) is 0.954. The summed E-state index contributed by atoms with van der Waals surface area (Å²) in [7, 11) is 0. The summed E-state index contributed by atoms with van der Waals surface area (Å²) >= 11 is 0. The van der Waals surface area contributed by atoms with Gasteiger partial charge in [0.2, 0.25) is 0 Å². The molecule has 134 valence electrons. The summed E-state index contributed by atoms with van der Waals surface area (Å²) in [5, 5.41) is 11.1. The predicted molar refractivity (Wildman–Crippen MR) is 102 cm³/mol. The Morgan fingerprint density at radius 2 is 1.64 bits per heavy atom. The van der Waals surface area contributed by atoms with Crippen LogP contribution in [0, 0.1) is 0 Å². The molecule has 3 heteroatoms. The first-order valence-corrected chi connectivity index (χ1v) is 9.46. The number of ether oxygens (including phenoxy) is 1. The van der Waals surface area contributed by atoms with Crippen LogP contribution in [-0.4, -0.2) is 36.2 Å². The van der Waals surface area contributed by atoms with E-state index in [-0.39, 0.29) is 5.92 Å². The van der Waals surface area contributed by atoms with Crippen LogP contribution in [0.4, 0.5) is 0 Å². The molecule has 1 saturated heterocycles. The van der Waals surface area contributed by atoms with E-state index in [1.807, 2.05) is 30.3 Å². The zero-order valence-corrected chi connectivity index (χ0v) is 15.1. The van der Waals surface area contributed by atoms with Gasteiger partial charge in [0.05, 0.1) is 12.7 Å². The lowest BCUT2D eigenvalue weighted by Gasteiger charge is -2.28. The summed E-state index contributed by atoms with van der Waals surface area (Å²) in [4.78, 5) is 2.47. The van der Waals surface area contributed by atoms with E-state index >= 15 is 0 Å². The first-order valence-electron chi connectivity index (χ1n) is 9.46. The summed E-state index contributed by atoms with van der Waals surface area (Å²) in [6.45, 7) is 6.00. The lowest BCUT2D eigenvalue weighted by molar-refractivity contribution is 0.123. The molecule has 2 aromatic carbocycles. The van der Waals surface area contributed by atoms with Crippen molar-refractivity contribution in [1.82, 2.24) is 4.90 Å². The molecule has 0 spiro atoms. The molecule has 1 fully saturated rings. The van der Waals surface area contributed by atoms with Crippen molar-refractivity contribution in [3.63, 3.8) is 0 Å². The van der Waals surface area contributed by atoms with Gasteiger partial charge in [-0.3, -0.25) is 0 Å². The molecular formula is C22H29NO2. The molecule has 0 unspecified atom stereocenters. The normalized spacial score (nSPS) is 17.4. The molecule has 3 nitrogen and oxygen atoms in total. The lowest BCUT2D eigenvalue weighted by Crippen LogP contribution is -2.29. The number of aliphatic hydroxyl groups excluding tert-OH is 1. The third-order valence-corrected chi connectivity index (χ3v) is 4.96. The molecule has 0 aliphatic carbocycles. The molecule has 2 aromatic rings. The number of likely N-dealkylation sites (tertiary alicyclic amines) is 1. The standard InChI is InChI=1S/C22H29NO2/c1-2-16-25-20-12-10-19(11-13-20)22(24)21(17-23-14-6-7-15-23)18-8-4-3-5-9-18/h3-5,8-13,21-22,24H,2,6-7,14-17H2,1H3/t21-,22-/m1/s1. The number of aliphatic hydroxyl groups is 1. The smallest absolute Gasteiger partial charge is 0.119 e. The second kappa shape index (κ2) is 9.02. The van der Waals surface area contributed by atoms with Gasteiger partial charge in [0.1, 0.15) is 5.75 Å². The van der Waals surface area contributed by atoms with E-state index in [9.17, 15) is 5.11 Å². The number of hydrogen-bond acceptors (Lipinski definition) is 3. The molecule has 0 saturated carbocycles. The number of nitrogens with zero attached hydrogens (tertiary/aromatic N) is 1. The summed E-state index contributed by atoms with van der Waals surface area (Å²) in [6.07, 6.45) is 3.02. The molecule has 1 N–H and O–H groups in total. The zero-order chi connectivity index (χ0) is 17.5. The van der Waals surface area contributed by atoms with Crippen LogP contribution in [-0.2, 0) is 0 Å². The fraction of sp³-hybridized carbons (Fsp3) is 0.455. The maximum absolute atomic E-state index is 11.1. The summed E-state index contributed by atoms with van der Waals surface area (Å²) in [5.41, 5.74) is 2.16. The Hall–Kier alpha value is -1.84. The largest absolute Gasteiger partial charge is 0.494 e. The van der Waals surface area contributed by atoms with Crippen molar-refractivity contribution in [2.45, 2.75) is 38.2 Å². The Morgan fingerprint density at radius 3 is 2.28 bits per heavy atom. The first kappa shape index (κ1) is 18.0. The Kier molecular flexibility index (Phi) is 6.48. The van der Waals surface area contributed by atoms with E-state index < -0.39 is 6.10 Å². The minimum absolute atomic E-state index is 0.0849. The molecule has 0 amide bonds. The Labute approximate surface area is 151 Å². The van der Waals surface area contributed by atoms with Gasteiger partial charge in [-0.15, -0.1) is 0 Å². The van der Waals surface area contributed by atoms with Crippen LogP contribution in [0.25, 0.3) is 0 Å². The van der Waals surface area contributed by atoms with Crippen molar-refractivity contribution < 1.29 is 9.84 Å². The number of benzene rings is 2. The van der Waals surface area contributed by atoms with Crippen molar-refractivity contribution in [2.75, 3.05) is 26.2 Å². The van der Waals surface area contributed by atoms with Crippen LogP contribution < -0.4 is 4.74 Å². The third kappa shape index (κ3) is 4.83. The van der Waals surface area contributed by atoms with Crippen LogP contribution in [0.15, 0.2) is 54.6 Å². The maximum atomic E-state index is 11.1. The SMILES string of the molecule is CCCOc1ccc([C@@H](O)[C@H](CN2CCCC2)c2ccccc2)cc1. The fourth-order valence-electron chi connectivity index (χ4n) is 3.54. The Balaban J connectivity index is 1.76. The topological polar surface area (TPSA) is 32.7 Å². The summed E-state index contributed by atoms with van der Waals surface area (Å²) in [6, 6.07) is 18.3. The molecule has 25 heavy (non-hydrogen) atoms. The molecule has 0 bridgehead atoms. The van der Waals surface area contributed by atoms with E-state index in [1.54, 1.807) is 0 Å². The van der Waals surface area contributed by atoms with Crippen LogP contribution in [0.5, 0.6) is 5.75 Å². The Morgan fingerprint density at radius 1 is 0.960 bits per heavy atom. The highest BCUT2D eigenvalue weighted by atomic mass is 16.5. The summed E-state index contributed by atoms with van der Waals surface area (Å²) < 4.78 is 5.65. The quantitative estimate of drug-likeness (QED) is 0.774. The van der Waals surface area contributed by atoms with E-state index in [2.05, 4.69) is 36.1 Å². The molecule has 3 rings (SSSR count). The van der Waals surface area contributed by atoms with Crippen molar-refractivity contribution >= 4 is 0 Å². The van der Waals surface area contributed by atoms with Gasteiger partial charge in [-0.2, -0.15) is 0 Å². The van der Waals surface area contributed by atoms with Gasteiger partial charge in [0.15, 0.2) is 0 Å². The van der Waals surface area contributed by atoms with Crippen LogP contribution in [0.2, 0.25) is 0 Å². The maximum Gasteiger partial charge on any atom is 0.119 e. The van der Waals surface area contributed by atoms with E-state index in [0.29, 0.717) is 0 Å². The van der Waals surface area contributed by atoms with Crippen molar-refractivity contribution in [2.24, 2.45) is 0 Å². The second-order valence-electron chi connectivity index (χ2n) is 6.89. The first-order chi connectivity index (χ1) is 12.3. The van der Waals surface area contributed by atoms with E-state index in [4.69, 9.17) is 4.74 Å². The minimum atomic E-state index is -0.511. The van der Waals surface area contributed by atoms with Crippen molar-refractivity contribution in [1.29, 1.82) is 0 Å². The van der Waals surface area contributed by atoms with E-state index in [1.165, 1.54) is 18.4 Å². The highest BCUT2D eigenvalue weighted by molar-refractivity contribution is 5.32. The molecule has 1 heterocycles. The number of hydrogen-bond donors (Lipinski definition) is 1.